The first kappa shape index (κ1) is 15.3. The maximum absolute atomic E-state index is 4.66. The maximum atomic E-state index is 4.66. The number of benzene rings is 2. The summed E-state index contributed by atoms with van der Waals surface area (Å²) in [5, 5.41) is 4.66. The molecule has 1 unspecified atom stereocenters. The SMILES string of the molecule is CC(CN(C)C)/C(=N/Nc1ccccc1)c1ccccc1. The van der Waals surface area contributed by atoms with E-state index in [1.165, 1.54) is 0 Å². The van der Waals surface area contributed by atoms with E-state index in [0.717, 1.165) is 23.5 Å². The second-order valence-electron chi connectivity index (χ2n) is 5.50. The van der Waals surface area contributed by atoms with Crippen molar-refractivity contribution in [1.29, 1.82) is 0 Å². The van der Waals surface area contributed by atoms with Crippen molar-refractivity contribution in [3.05, 3.63) is 66.2 Å². The number of rotatable bonds is 6. The van der Waals surface area contributed by atoms with E-state index >= 15 is 0 Å². The van der Waals surface area contributed by atoms with Gasteiger partial charge in [0.2, 0.25) is 0 Å². The van der Waals surface area contributed by atoms with Crippen molar-refractivity contribution >= 4 is 11.4 Å². The summed E-state index contributed by atoms with van der Waals surface area (Å²) in [6.45, 7) is 3.17. The van der Waals surface area contributed by atoms with Gasteiger partial charge in [-0.1, -0.05) is 55.5 Å². The van der Waals surface area contributed by atoms with Crippen molar-refractivity contribution in [3.8, 4) is 0 Å². The summed E-state index contributed by atoms with van der Waals surface area (Å²) >= 11 is 0. The van der Waals surface area contributed by atoms with Crippen LogP contribution < -0.4 is 5.43 Å². The van der Waals surface area contributed by atoms with E-state index in [1.807, 2.05) is 36.4 Å². The molecule has 0 fully saturated rings. The lowest BCUT2D eigenvalue weighted by atomic mass is 9.98. The fourth-order valence-corrected chi connectivity index (χ4v) is 2.34. The number of para-hydroxylation sites is 1. The van der Waals surface area contributed by atoms with Crippen LogP contribution in [0, 0.1) is 5.92 Å². The zero-order chi connectivity index (χ0) is 15.1. The minimum atomic E-state index is 0.346. The molecule has 0 aromatic heterocycles. The highest BCUT2D eigenvalue weighted by molar-refractivity contribution is 6.02. The number of nitrogens with zero attached hydrogens (tertiary/aromatic N) is 2. The third-order valence-electron chi connectivity index (χ3n) is 3.25. The Morgan fingerprint density at radius 3 is 2.14 bits per heavy atom. The Hall–Kier alpha value is -2.13. The average Bonchev–Trinajstić information content (AvgIpc) is 2.49. The summed E-state index contributed by atoms with van der Waals surface area (Å²) in [4.78, 5) is 2.19. The number of hydrogen-bond donors (Lipinski definition) is 1. The van der Waals surface area contributed by atoms with Crippen LogP contribution in [0.1, 0.15) is 12.5 Å². The molecule has 1 atom stereocenters. The van der Waals surface area contributed by atoms with Gasteiger partial charge in [0, 0.05) is 12.5 Å². The molecule has 0 radical (unpaired) electrons. The molecule has 2 aromatic rings. The topological polar surface area (TPSA) is 27.6 Å². The van der Waals surface area contributed by atoms with Gasteiger partial charge >= 0.3 is 0 Å². The van der Waals surface area contributed by atoms with Gasteiger partial charge < -0.3 is 4.90 Å². The third kappa shape index (κ3) is 4.72. The summed E-state index contributed by atoms with van der Waals surface area (Å²) < 4.78 is 0. The molecule has 3 heteroatoms. The van der Waals surface area contributed by atoms with Gasteiger partial charge in [0.05, 0.1) is 11.4 Å². The van der Waals surface area contributed by atoms with Gasteiger partial charge in [-0.3, -0.25) is 5.43 Å². The fraction of sp³-hybridized carbons (Fsp3) is 0.278. The summed E-state index contributed by atoms with van der Waals surface area (Å²) in [6, 6.07) is 20.4. The highest BCUT2D eigenvalue weighted by atomic mass is 15.3. The highest BCUT2D eigenvalue weighted by Crippen LogP contribution is 2.13. The molecule has 3 nitrogen and oxygen atoms in total. The van der Waals surface area contributed by atoms with Crippen molar-refractivity contribution in [3.63, 3.8) is 0 Å². The van der Waals surface area contributed by atoms with Crippen LogP contribution in [0.3, 0.4) is 0 Å². The smallest absolute Gasteiger partial charge is 0.0720 e. The molecule has 0 saturated heterocycles. The Kier molecular flexibility index (Phi) is 5.52. The predicted octanol–water partition coefficient (Wildman–Crippen LogP) is 3.70. The first-order valence-electron chi connectivity index (χ1n) is 7.25. The van der Waals surface area contributed by atoms with Crippen LogP contribution in [-0.4, -0.2) is 31.3 Å². The van der Waals surface area contributed by atoms with Crippen molar-refractivity contribution in [1.82, 2.24) is 4.90 Å². The summed E-state index contributed by atoms with van der Waals surface area (Å²) in [6.07, 6.45) is 0. The molecule has 2 rings (SSSR count). The van der Waals surface area contributed by atoms with E-state index < -0.39 is 0 Å². The first-order chi connectivity index (χ1) is 10.2. The molecule has 21 heavy (non-hydrogen) atoms. The van der Waals surface area contributed by atoms with E-state index in [0.29, 0.717) is 5.92 Å². The Morgan fingerprint density at radius 2 is 1.57 bits per heavy atom. The van der Waals surface area contributed by atoms with Gasteiger partial charge in [-0.2, -0.15) is 5.10 Å². The van der Waals surface area contributed by atoms with Gasteiger partial charge in [0.25, 0.3) is 0 Å². The number of hydrogen-bond acceptors (Lipinski definition) is 3. The van der Waals surface area contributed by atoms with Crippen molar-refractivity contribution in [2.24, 2.45) is 11.0 Å². The zero-order valence-electron chi connectivity index (χ0n) is 13.0. The Bertz CT molecular complexity index is 562. The first-order valence-corrected chi connectivity index (χ1v) is 7.25. The van der Waals surface area contributed by atoms with Gasteiger partial charge in [0.1, 0.15) is 0 Å². The van der Waals surface area contributed by atoms with Crippen LogP contribution in [-0.2, 0) is 0 Å². The molecule has 0 heterocycles. The van der Waals surface area contributed by atoms with Crippen molar-refractivity contribution < 1.29 is 0 Å². The second-order valence-corrected chi connectivity index (χ2v) is 5.50. The van der Waals surface area contributed by atoms with Gasteiger partial charge in [-0.25, -0.2) is 0 Å². The molecular formula is C18H23N3. The normalized spacial score (nSPS) is 13.2. The molecule has 0 aliphatic heterocycles. The average molecular weight is 281 g/mol. The number of anilines is 1. The molecule has 0 amide bonds. The minimum Gasteiger partial charge on any atom is -0.309 e. The molecule has 0 bridgehead atoms. The van der Waals surface area contributed by atoms with E-state index in [4.69, 9.17) is 0 Å². The molecule has 1 N–H and O–H groups in total. The molecule has 110 valence electrons. The van der Waals surface area contributed by atoms with Crippen LogP contribution in [0.5, 0.6) is 0 Å². The predicted molar refractivity (Wildman–Crippen MR) is 90.8 cm³/mol. The van der Waals surface area contributed by atoms with E-state index in [9.17, 15) is 0 Å². The summed E-state index contributed by atoms with van der Waals surface area (Å²) in [5.41, 5.74) is 6.41. The van der Waals surface area contributed by atoms with Gasteiger partial charge in [-0.05, 0) is 31.8 Å². The van der Waals surface area contributed by atoms with Crippen LogP contribution in [0.25, 0.3) is 0 Å². The Morgan fingerprint density at radius 1 is 1.00 bits per heavy atom. The summed E-state index contributed by atoms with van der Waals surface area (Å²) in [5.74, 6) is 0.346. The molecule has 0 aliphatic rings. The molecule has 0 aliphatic carbocycles. The lowest BCUT2D eigenvalue weighted by Gasteiger charge is -2.19. The maximum Gasteiger partial charge on any atom is 0.0720 e. The van der Waals surface area contributed by atoms with Crippen LogP contribution in [0.4, 0.5) is 5.69 Å². The molecule has 0 saturated carbocycles. The quantitative estimate of drug-likeness (QED) is 0.646. The van der Waals surface area contributed by atoms with Gasteiger partial charge in [-0.15, -0.1) is 0 Å². The Labute approximate surface area is 127 Å². The van der Waals surface area contributed by atoms with Crippen LogP contribution >= 0.6 is 0 Å². The molecule has 0 spiro atoms. The van der Waals surface area contributed by atoms with E-state index in [-0.39, 0.29) is 0 Å². The third-order valence-corrected chi connectivity index (χ3v) is 3.25. The standard InChI is InChI=1S/C18H23N3/c1-15(14-21(2)3)18(16-10-6-4-7-11-16)20-19-17-12-8-5-9-13-17/h4-13,15,19H,14H2,1-3H3/b20-18-. The van der Waals surface area contributed by atoms with Crippen molar-refractivity contribution in [2.75, 3.05) is 26.1 Å². The minimum absolute atomic E-state index is 0.346. The zero-order valence-corrected chi connectivity index (χ0v) is 13.0. The largest absolute Gasteiger partial charge is 0.309 e. The van der Waals surface area contributed by atoms with Crippen molar-refractivity contribution in [2.45, 2.75) is 6.92 Å². The van der Waals surface area contributed by atoms with Gasteiger partial charge in [0.15, 0.2) is 0 Å². The Balaban J connectivity index is 2.23. The number of hydrazone groups is 1. The van der Waals surface area contributed by atoms with Crippen LogP contribution in [0.15, 0.2) is 65.8 Å². The molecule has 2 aromatic carbocycles. The highest BCUT2D eigenvalue weighted by Gasteiger charge is 2.14. The van der Waals surface area contributed by atoms with E-state index in [1.54, 1.807) is 0 Å². The lowest BCUT2D eigenvalue weighted by Crippen LogP contribution is -2.27. The van der Waals surface area contributed by atoms with Crippen LogP contribution in [0.2, 0.25) is 0 Å². The number of nitrogens with one attached hydrogen (secondary N) is 1. The monoisotopic (exact) mass is 281 g/mol. The summed E-state index contributed by atoms with van der Waals surface area (Å²) in [7, 11) is 4.17. The molecular weight excluding hydrogens is 258 g/mol. The second kappa shape index (κ2) is 7.60. The lowest BCUT2D eigenvalue weighted by molar-refractivity contribution is 0.380. The fourth-order valence-electron chi connectivity index (χ4n) is 2.34. The van der Waals surface area contributed by atoms with E-state index in [2.05, 4.69) is 60.7 Å².